The normalized spacial score (nSPS) is 16.7. The van der Waals surface area contributed by atoms with E-state index in [1.807, 2.05) is 30.3 Å². The van der Waals surface area contributed by atoms with E-state index in [0.717, 1.165) is 18.7 Å². The van der Waals surface area contributed by atoms with E-state index in [9.17, 15) is 19.1 Å². The second-order valence-corrected chi connectivity index (χ2v) is 7.53. The number of quaternary nitrogens is 1. The maximum absolute atomic E-state index is 13.5. The Kier molecular flexibility index (Phi) is 7.36. The fourth-order valence-corrected chi connectivity index (χ4v) is 3.84. The Hall–Kier alpha value is -3.25. The van der Waals surface area contributed by atoms with Gasteiger partial charge in [0.05, 0.1) is 37.8 Å². The molecule has 1 aliphatic heterocycles. The van der Waals surface area contributed by atoms with Gasteiger partial charge in [-0.25, -0.2) is 4.39 Å². The number of aliphatic hydroxyl groups excluding tert-OH is 1. The molecule has 0 radical (unpaired) electrons. The van der Waals surface area contributed by atoms with Gasteiger partial charge in [-0.3, -0.25) is 9.59 Å². The first-order chi connectivity index (χ1) is 15.0. The summed E-state index contributed by atoms with van der Waals surface area (Å²) >= 11 is 0. The third-order valence-corrected chi connectivity index (χ3v) is 5.69. The predicted molar refractivity (Wildman–Crippen MR) is 118 cm³/mol. The number of carbonyl (C=O) groups is 2. The molecule has 0 fully saturated rings. The Balaban J connectivity index is 1.94. The van der Waals surface area contributed by atoms with Gasteiger partial charge in [-0.15, -0.1) is 0 Å². The van der Waals surface area contributed by atoms with Crippen LogP contribution in [0.5, 0.6) is 0 Å². The van der Waals surface area contributed by atoms with E-state index < -0.39 is 29.3 Å². The summed E-state index contributed by atoms with van der Waals surface area (Å²) in [4.78, 5) is 28.8. The molecule has 0 saturated heterocycles. The maximum atomic E-state index is 13.5. The lowest BCUT2D eigenvalue weighted by atomic mass is 9.95. The smallest absolute Gasteiger partial charge is 0.290 e. The average molecular weight is 424 g/mol. The Morgan fingerprint density at radius 3 is 2.35 bits per heavy atom. The van der Waals surface area contributed by atoms with E-state index in [-0.39, 0.29) is 5.57 Å². The highest BCUT2D eigenvalue weighted by Crippen LogP contribution is 2.37. The first-order valence-corrected chi connectivity index (χ1v) is 10.6. The van der Waals surface area contributed by atoms with E-state index in [0.29, 0.717) is 18.7 Å². The van der Waals surface area contributed by atoms with Crippen LogP contribution < -0.4 is 4.90 Å². The number of hydrogen-bond acceptors (Lipinski definition) is 3. The largest absolute Gasteiger partial charge is 0.503 e. The minimum absolute atomic E-state index is 0.0262. The van der Waals surface area contributed by atoms with Crippen molar-refractivity contribution in [1.82, 2.24) is 4.90 Å². The molecule has 3 rings (SSSR count). The fourth-order valence-electron chi connectivity index (χ4n) is 3.84. The molecule has 0 aliphatic carbocycles. The number of likely N-dealkylation sites (N-methyl/N-ethyl adjacent to an activating group) is 1. The summed E-state index contributed by atoms with van der Waals surface area (Å²) in [6, 6.07) is 14.3. The van der Waals surface area contributed by atoms with Gasteiger partial charge in [-0.05, 0) is 43.2 Å². The molecular formula is C25H28FN2O3+. The van der Waals surface area contributed by atoms with Crippen LogP contribution in [-0.4, -0.2) is 47.9 Å². The van der Waals surface area contributed by atoms with Crippen LogP contribution in [-0.2, 0) is 9.59 Å². The fraction of sp³-hybridized carbons (Fsp3) is 0.280. The first kappa shape index (κ1) is 22.4. The molecule has 1 amide bonds. The standard InChI is InChI=1S/C25H27FN2O3/c1-3-27(4-2)16-17-28-23(19-11-13-20(26)14-12-19)22(24(30)25(28)31)21(29)15-10-18-8-6-5-7-9-18/h5-15,23,30H,3-4,16-17H2,1-2H3/p+1/b15-10+/t23-/m1/s1. The van der Waals surface area contributed by atoms with Crippen molar-refractivity contribution in [2.75, 3.05) is 26.2 Å². The third-order valence-electron chi connectivity index (χ3n) is 5.69. The van der Waals surface area contributed by atoms with Gasteiger partial charge in [0.2, 0.25) is 0 Å². The van der Waals surface area contributed by atoms with Crippen molar-refractivity contribution in [3.05, 3.63) is 88.9 Å². The van der Waals surface area contributed by atoms with Crippen LogP contribution in [0, 0.1) is 5.82 Å². The zero-order valence-corrected chi connectivity index (χ0v) is 17.8. The Morgan fingerprint density at radius 1 is 1.10 bits per heavy atom. The van der Waals surface area contributed by atoms with E-state index in [1.54, 1.807) is 18.2 Å². The molecule has 1 atom stereocenters. The highest BCUT2D eigenvalue weighted by atomic mass is 19.1. The highest BCUT2D eigenvalue weighted by Gasteiger charge is 2.43. The van der Waals surface area contributed by atoms with Crippen LogP contribution in [0.2, 0.25) is 0 Å². The van der Waals surface area contributed by atoms with Crippen LogP contribution in [0.4, 0.5) is 4.39 Å². The number of rotatable bonds is 9. The summed E-state index contributed by atoms with van der Waals surface area (Å²) in [5, 5.41) is 10.6. The second kappa shape index (κ2) is 10.2. The first-order valence-electron chi connectivity index (χ1n) is 10.6. The average Bonchev–Trinajstić information content (AvgIpc) is 3.04. The molecule has 0 unspecified atom stereocenters. The molecule has 1 aliphatic rings. The summed E-state index contributed by atoms with van der Waals surface area (Å²) in [6.45, 7) is 7.02. The summed E-state index contributed by atoms with van der Waals surface area (Å²) in [5.74, 6) is -1.96. The molecule has 0 aromatic heterocycles. The Bertz CT molecular complexity index is 980. The summed E-state index contributed by atoms with van der Waals surface area (Å²) in [7, 11) is 0. The van der Waals surface area contributed by atoms with Gasteiger partial charge in [0.1, 0.15) is 5.82 Å². The van der Waals surface area contributed by atoms with Gasteiger partial charge < -0.3 is 14.9 Å². The number of carbonyl (C=O) groups excluding carboxylic acids is 2. The van der Waals surface area contributed by atoms with Gasteiger partial charge >= 0.3 is 0 Å². The molecular weight excluding hydrogens is 395 g/mol. The van der Waals surface area contributed by atoms with Gasteiger partial charge in [0, 0.05) is 0 Å². The molecule has 162 valence electrons. The molecule has 0 saturated carbocycles. The number of halogens is 1. The molecule has 1 heterocycles. The number of allylic oxidation sites excluding steroid dienone is 1. The van der Waals surface area contributed by atoms with Crippen LogP contribution in [0.15, 0.2) is 72.0 Å². The lowest BCUT2D eigenvalue weighted by Crippen LogP contribution is -3.12. The highest BCUT2D eigenvalue weighted by molar-refractivity contribution is 6.14. The molecule has 31 heavy (non-hydrogen) atoms. The van der Waals surface area contributed by atoms with E-state index in [2.05, 4.69) is 13.8 Å². The Labute approximate surface area is 182 Å². The van der Waals surface area contributed by atoms with E-state index >= 15 is 0 Å². The van der Waals surface area contributed by atoms with Crippen LogP contribution in [0.1, 0.15) is 31.0 Å². The third kappa shape index (κ3) is 5.09. The number of ketones is 1. The molecule has 2 aromatic carbocycles. The number of nitrogens with zero attached hydrogens (tertiary/aromatic N) is 1. The SMILES string of the molecule is CC[NH+](CC)CCN1C(=O)C(O)=C(C(=O)/C=C/c2ccccc2)[C@H]1c1ccc(F)cc1. The van der Waals surface area contributed by atoms with E-state index in [1.165, 1.54) is 28.0 Å². The number of amides is 1. The molecule has 5 nitrogen and oxygen atoms in total. The summed E-state index contributed by atoms with van der Waals surface area (Å²) in [5.41, 5.74) is 1.45. The number of nitrogens with one attached hydrogen (secondary N) is 1. The van der Waals surface area contributed by atoms with E-state index in [4.69, 9.17) is 0 Å². The lowest BCUT2D eigenvalue weighted by Gasteiger charge is -2.28. The molecule has 0 bridgehead atoms. The van der Waals surface area contributed by atoms with Gasteiger partial charge in [0.15, 0.2) is 11.5 Å². The van der Waals surface area contributed by atoms with Crippen LogP contribution >= 0.6 is 0 Å². The Morgan fingerprint density at radius 2 is 1.74 bits per heavy atom. The number of benzene rings is 2. The quantitative estimate of drug-likeness (QED) is 0.610. The lowest BCUT2D eigenvalue weighted by molar-refractivity contribution is -0.895. The zero-order valence-electron chi connectivity index (χ0n) is 17.8. The number of hydrogen-bond donors (Lipinski definition) is 2. The molecule has 2 N–H and O–H groups in total. The van der Waals surface area contributed by atoms with Crippen LogP contribution in [0.25, 0.3) is 6.08 Å². The van der Waals surface area contributed by atoms with Crippen LogP contribution in [0.3, 0.4) is 0 Å². The minimum atomic E-state index is -0.754. The van der Waals surface area contributed by atoms with Crippen molar-refractivity contribution in [2.24, 2.45) is 0 Å². The summed E-state index contributed by atoms with van der Waals surface area (Å²) in [6.07, 6.45) is 3.02. The monoisotopic (exact) mass is 423 g/mol. The van der Waals surface area contributed by atoms with Crippen molar-refractivity contribution in [1.29, 1.82) is 0 Å². The maximum Gasteiger partial charge on any atom is 0.290 e. The van der Waals surface area contributed by atoms with Gasteiger partial charge in [0.25, 0.3) is 5.91 Å². The minimum Gasteiger partial charge on any atom is -0.503 e. The predicted octanol–water partition coefficient (Wildman–Crippen LogP) is 2.73. The van der Waals surface area contributed by atoms with Crippen molar-refractivity contribution in [3.8, 4) is 0 Å². The van der Waals surface area contributed by atoms with Crippen molar-refractivity contribution in [2.45, 2.75) is 19.9 Å². The van der Waals surface area contributed by atoms with Gasteiger partial charge in [-0.1, -0.05) is 48.5 Å². The topological polar surface area (TPSA) is 62.1 Å². The second-order valence-electron chi connectivity index (χ2n) is 7.53. The zero-order chi connectivity index (χ0) is 22.4. The molecule has 2 aromatic rings. The summed E-state index contributed by atoms with van der Waals surface area (Å²) < 4.78 is 13.5. The van der Waals surface area contributed by atoms with Gasteiger partial charge in [-0.2, -0.15) is 0 Å². The molecule has 0 spiro atoms. The molecule has 6 heteroatoms. The van der Waals surface area contributed by atoms with Crippen molar-refractivity contribution >= 4 is 17.8 Å². The number of aliphatic hydroxyl groups is 1. The van der Waals surface area contributed by atoms with Crippen molar-refractivity contribution < 1.29 is 24.0 Å². The van der Waals surface area contributed by atoms with Crippen molar-refractivity contribution in [3.63, 3.8) is 0 Å².